The first-order chi connectivity index (χ1) is 7.25. The molecule has 1 aromatic rings. The monoisotopic (exact) mass is 331 g/mol. The molecule has 1 heterocycles. The van der Waals surface area contributed by atoms with Crippen LogP contribution in [-0.2, 0) is 6.42 Å². The first-order valence-corrected chi connectivity index (χ1v) is 7.20. The van der Waals surface area contributed by atoms with Gasteiger partial charge in [-0.15, -0.1) is 0 Å². The Bertz CT molecular complexity index is 327. The van der Waals surface area contributed by atoms with E-state index in [1.165, 1.54) is 31.4 Å². The van der Waals surface area contributed by atoms with Gasteiger partial charge >= 0.3 is 0 Å². The highest BCUT2D eigenvalue weighted by Gasteiger charge is 2.21. The lowest BCUT2D eigenvalue weighted by Crippen LogP contribution is -2.17. The molecule has 0 saturated heterocycles. The zero-order valence-corrected chi connectivity index (χ0v) is 11.8. The third-order valence-corrected chi connectivity index (χ3v) is 4.59. The molecule has 0 radical (unpaired) electrons. The number of halogens is 2. The van der Waals surface area contributed by atoms with Crippen LogP contribution in [0.2, 0.25) is 0 Å². The van der Waals surface area contributed by atoms with E-state index in [0.717, 1.165) is 21.6 Å². The van der Waals surface area contributed by atoms with Crippen LogP contribution in [0.3, 0.4) is 0 Å². The summed E-state index contributed by atoms with van der Waals surface area (Å²) in [5.41, 5.74) is 1.21. The Morgan fingerprint density at radius 3 is 3.00 bits per heavy atom. The second-order valence-corrected chi connectivity index (χ2v) is 6.42. The zero-order chi connectivity index (χ0) is 10.7. The molecule has 1 saturated carbocycles. The van der Waals surface area contributed by atoms with E-state index < -0.39 is 0 Å². The SMILES string of the molecule is Brc1cccnc1CC1CCCC(Br)C1. The summed E-state index contributed by atoms with van der Waals surface area (Å²) in [4.78, 5) is 5.16. The van der Waals surface area contributed by atoms with Crippen molar-refractivity contribution in [3.05, 3.63) is 28.5 Å². The molecule has 15 heavy (non-hydrogen) atoms. The van der Waals surface area contributed by atoms with Crippen molar-refractivity contribution in [2.45, 2.75) is 36.9 Å². The molecule has 1 aliphatic rings. The third kappa shape index (κ3) is 3.28. The minimum atomic E-state index is 0.721. The van der Waals surface area contributed by atoms with E-state index in [4.69, 9.17) is 0 Å². The maximum atomic E-state index is 4.44. The van der Waals surface area contributed by atoms with Gasteiger partial charge in [-0.05, 0) is 59.7 Å². The molecule has 0 aromatic carbocycles. The normalized spacial score (nSPS) is 26.5. The van der Waals surface area contributed by atoms with Gasteiger partial charge in [0.25, 0.3) is 0 Å². The average molecular weight is 333 g/mol. The minimum absolute atomic E-state index is 0.721. The molecule has 2 unspecified atom stereocenters. The lowest BCUT2D eigenvalue weighted by Gasteiger charge is -2.25. The quantitative estimate of drug-likeness (QED) is 0.734. The van der Waals surface area contributed by atoms with Crippen LogP contribution in [0.25, 0.3) is 0 Å². The van der Waals surface area contributed by atoms with Gasteiger partial charge in [-0.25, -0.2) is 0 Å². The van der Waals surface area contributed by atoms with Crippen molar-refractivity contribution >= 4 is 31.9 Å². The summed E-state index contributed by atoms with van der Waals surface area (Å²) in [7, 11) is 0. The topological polar surface area (TPSA) is 12.9 Å². The summed E-state index contributed by atoms with van der Waals surface area (Å²) in [6.07, 6.45) is 8.33. The first-order valence-electron chi connectivity index (χ1n) is 5.49. The number of pyridine rings is 1. The Kier molecular flexibility index (Phi) is 4.21. The Morgan fingerprint density at radius 1 is 1.40 bits per heavy atom. The highest BCUT2D eigenvalue weighted by Crippen LogP contribution is 2.32. The fraction of sp³-hybridized carbons (Fsp3) is 0.583. The van der Waals surface area contributed by atoms with Crippen molar-refractivity contribution in [2.24, 2.45) is 5.92 Å². The molecule has 0 bridgehead atoms. The van der Waals surface area contributed by atoms with E-state index >= 15 is 0 Å². The Morgan fingerprint density at radius 2 is 2.27 bits per heavy atom. The minimum Gasteiger partial charge on any atom is -0.260 e. The van der Waals surface area contributed by atoms with Crippen LogP contribution in [0.4, 0.5) is 0 Å². The zero-order valence-electron chi connectivity index (χ0n) is 8.63. The Balaban J connectivity index is 1.99. The number of alkyl halides is 1. The van der Waals surface area contributed by atoms with E-state index in [2.05, 4.69) is 42.9 Å². The molecule has 0 N–H and O–H groups in total. The van der Waals surface area contributed by atoms with E-state index in [-0.39, 0.29) is 0 Å². The van der Waals surface area contributed by atoms with Gasteiger partial charge in [0.05, 0.1) is 5.69 Å². The van der Waals surface area contributed by atoms with Gasteiger partial charge in [0, 0.05) is 15.5 Å². The Hall–Kier alpha value is 0.110. The van der Waals surface area contributed by atoms with Crippen LogP contribution in [-0.4, -0.2) is 9.81 Å². The predicted molar refractivity (Wildman–Crippen MR) is 70.3 cm³/mol. The summed E-state index contributed by atoms with van der Waals surface area (Å²) < 4.78 is 1.15. The number of aromatic nitrogens is 1. The van der Waals surface area contributed by atoms with Crippen molar-refractivity contribution in [3.8, 4) is 0 Å². The lowest BCUT2D eigenvalue weighted by atomic mass is 9.86. The van der Waals surface area contributed by atoms with Crippen molar-refractivity contribution in [1.29, 1.82) is 0 Å². The maximum absolute atomic E-state index is 4.44. The first kappa shape index (κ1) is 11.6. The van der Waals surface area contributed by atoms with Gasteiger partial charge in [0.1, 0.15) is 0 Å². The number of hydrogen-bond acceptors (Lipinski definition) is 1. The molecule has 0 spiro atoms. The fourth-order valence-corrected chi connectivity index (χ4v) is 3.52. The second kappa shape index (κ2) is 5.44. The van der Waals surface area contributed by atoms with Crippen LogP contribution >= 0.6 is 31.9 Å². The summed E-state index contributed by atoms with van der Waals surface area (Å²) in [6, 6.07) is 4.05. The summed E-state index contributed by atoms with van der Waals surface area (Å²) in [5, 5.41) is 0. The van der Waals surface area contributed by atoms with E-state index in [9.17, 15) is 0 Å². The van der Waals surface area contributed by atoms with E-state index in [0.29, 0.717) is 0 Å². The van der Waals surface area contributed by atoms with Crippen LogP contribution in [0.15, 0.2) is 22.8 Å². The van der Waals surface area contributed by atoms with Gasteiger partial charge in [-0.3, -0.25) is 4.98 Å². The van der Waals surface area contributed by atoms with Crippen molar-refractivity contribution in [1.82, 2.24) is 4.98 Å². The summed E-state index contributed by atoms with van der Waals surface area (Å²) in [6.45, 7) is 0. The van der Waals surface area contributed by atoms with Gasteiger partial charge in [-0.1, -0.05) is 22.4 Å². The molecule has 2 rings (SSSR count). The highest BCUT2D eigenvalue weighted by atomic mass is 79.9. The van der Waals surface area contributed by atoms with Crippen molar-refractivity contribution in [2.75, 3.05) is 0 Å². The molecule has 1 nitrogen and oxygen atoms in total. The maximum Gasteiger partial charge on any atom is 0.0548 e. The Labute approximate surface area is 108 Å². The molecule has 1 aliphatic carbocycles. The number of rotatable bonds is 2. The van der Waals surface area contributed by atoms with E-state index in [1.807, 2.05) is 12.3 Å². The number of hydrogen-bond donors (Lipinski definition) is 0. The average Bonchev–Trinajstić information content (AvgIpc) is 2.22. The van der Waals surface area contributed by atoms with Gasteiger partial charge in [-0.2, -0.15) is 0 Å². The molecule has 1 fully saturated rings. The van der Waals surface area contributed by atoms with E-state index in [1.54, 1.807) is 0 Å². The molecule has 0 amide bonds. The van der Waals surface area contributed by atoms with Gasteiger partial charge in [0.15, 0.2) is 0 Å². The van der Waals surface area contributed by atoms with Crippen LogP contribution in [0, 0.1) is 5.92 Å². The highest BCUT2D eigenvalue weighted by molar-refractivity contribution is 9.10. The molecule has 1 aromatic heterocycles. The third-order valence-electron chi connectivity index (χ3n) is 3.04. The largest absolute Gasteiger partial charge is 0.260 e. The molecular weight excluding hydrogens is 318 g/mol. The van der Waals surface area contributed by atoms with Crippen LogP contribution in [0.1, 0.15) is 31.4 Å². The lowest BCUT2D eigenvalue weighted by molar-refractivity contribution is 0.365. The van der Waals surface area contributed by atoms with Crippen LogP contribution < -0.4 is 0 Å². The van der Waals surface area contributed by atoms with Gasteiger partial charge < -0.3 is 0 Å². The smallest absolute Gasteiger partial charge is 0.0548 e. The summed E-state index contributed by atoms with van der Waals surface area (Å²) in [5.74, 6) is 0.800. The molecule has 82 valence electrons. The number of nitrogens with zero attached hydrogens (tertiary/aromatic N) is 1. The van der Waals surface area contributed by atoms with Gasteiger partial charge in [0.2, 0.25) is 0 Å². The fourth-order valence-electron chi connectivity index (χ4n) is 2.25. The van der Waals surface area contributed by atoms with Crippen LogP contribution in [0.5, 0.6) is 0 Å². The molecule has 2 atom stereocenters. The molecule has 0 aliphatic heterocycles. The predicted octanol–water partition coefficient (Wildman–Crippen LogP) is 4.34. The summed E-state index contributed by atoms with van der Waals surface area (Å²) >= 11 is 7.29. The second-order valence-electron chi connectivity index (χ2n) is 4.27. The molecular formula is C12H15Br2N. The van der Waals surface area contributed by atoms with Crippen molar-refractivity contribution in [3.63, 3.8) is 0 Å². The molecule has 3 heteroatoms. The van der Waals surface area contributed by atoms with Crippen molar-refractivity contribution < 1.29 is 0 Å². The standard InChI is InChI=1S/C12H15Br2N/c13-10-4-1-3-9(7-10)8-12-11(14)5-2-6-15-12/h2,5-6,9-10H,1,3-4,7-8H2.